The Labute approximate surface area is 200 Å². The summed E-state index contributed by atoms with van der Waals surface area (Å²) in [5.74, 6) is 3.11. The molecule has 0 bridgehead atoms. The third kappa shape index (κ3) is 5.59. The van der Waals surface area contributed by atoms with E-state index in [1.165, 1.54) is 5.56 Å². The largest absolute Gasteiger partial charge is 0.486 e. The number of nitrogens with one attached hydrogen (secondary N) is 1. The lowest BCUT2D eigenvalue weighted by molar-refractivity contribution is -0.120. The standard InChI is InChI=1S/C27H32N4O3/c1-20-4-6-24-25(14-20)34-23(19-33-24)18-30-12-8-21(9-13-30)16-29-27(32)15-22-5-7-26(28-17-22)31-10-2-3-11-31/h2-7,10-11,14,17,21,23H,8-9,12-13,15-16,18-19H2,1H3,(H,29,32). The first-order chi connectivity index (χ1) is 16.6. The van der Waals surface area contributed by atoms with E-state index in [9.17, 15) is 4.79 Å². The molecule has 1 atom stereocenters. The zero-order valence-corrected chi connectivity index (χ0v) is 19.7. The lowest BCUT2D eigenvalue weighted by atomic mass is 9.96. The lowest BCUT2D eigenvalue weighted by Crippen LogP contribution is -2.45. The van der Waals surface area contributed by atoms with Gasteiger partial charge in [0.25, 0.3) is 0 Å². The van der Waals surface area contributed by atoms with Gasteiger partial charge in [0.2, 0.25) is 5.91 Å². The maximum absolute atomic E-state index is 12.4. The molecule has 2 aliphatic rings. The minimum absolute atomic E-state index is 0.0552. The van der Waals surface area contributed by atoms with E-state index in [2.05, 4.69) is 22.1 Å². The molecule has 4 heterocycles. The first-order valence-electron chi connectivity index (χ1n) is 12.1. The van der Waals surface area contributed by atoms with Crippen molar-refractivity contribution in [2.24, 2.45) is 5.92 Å². The van der Waals surface area contributed by atoms with Crippen LogP contribution in [-0.2, 0) is 11.2 Å². The van der Waals surface area contributed by atoms with Crippen LogP contribution in [0, 0.1) is 12.8 Å². The minimum Gasteiger partial charge on any atom is -0.486 e. The van der Waals surface area contributed by atoms with Crippen molar-refractivity contribution in [1.82, 2.24) is 19.8 Å². The number of fused-ring (bicyclic) bond motifs is 1. The van der Waals surface area contributed by atoms with Gasteiger partial charge in [0.1, 0.15) is 18.5 Å². The number of piperidine rings is 1. The first kappa shape index (κ1) is 22.5. The van der Waals surface area contributed by atoms with Crippen LogP contribution in [0.5, 0.6) is 11.5 Å². The molecule has 178 valence electrons. The van der Waals surface area contributed by atoms with Crippen LogP contribution >= 0.6 is 0 Å². The third-order valence-electron chi connectivity index (χ3n) is 6.62. The van der Waals surface area contributed by atoms with Crippen molar-refractivity contribution in [1.29, 1.82) is 0 Å². The van der Waals surface area contributed by atoms with Crippen LogP contribution in [0.15, 0.2) is 61.1 Å². The molecular formula is C27H32N4O3. The van der Waals surface area contributed by atoms with Crippen LogP contribution in [0.2, 0.25) is 0 Å². The normalized spacial score (nSPS) is 18.6. The van der Waals surface area contributed by atoms with Gasteiger partial charge in [0, 0.05) is 31.7 Å². The van der Waals surface area contributed by atoms with Crippen LogP contribution in [0.25, 0.3) is 5.82 Å². The molecule has 7 nitrogen and oxygen atoms in total. The molecule has 1 saturated heterocycles. The van der Waals surface area contributed by atoms with E-state index in [0.717, 1.165) is 61.9 Å². The molecule has 0 spiro atoms. The van der Waals surface area contributed by atoms with Crippen molar-refractivity contribution in [2.75, 3.05) is 32.8 Å². The second-order valence-electron chi connectivity index (χ2n) is 9.34. The fourth-order valence-electron chi connectivity index (χ4n) is 4.64. The van der Waals surface area contributed by atoms with Crippen molar-refractivity contribution >= 4 is 5.91 Å². The molecule has 1 amide bonds. The van der Waals surface area contributed by atoms with Gasteiger partial charge in [-0.1, -0.05) is 12.1 Å². The van der Waals surface area contributed by atoms with E-state index >= 15 is 0 Å². The van der Waals surface area contributed by atoms with Gasteiger partial charge in [-0.15, -0.1) is 0 Å². The number of pyridine rings is 1. The summed E-state index contributed by atoms with van der Waals surface area (Å²) in [5.41, 5.74) is 2.10. The number of hydrogen-bond donors (Lipinski definition) is 1. The highest BCUT2D eigenvalue weighted by Crippen LogP contribution is 2.32. The second kappa shape index (κ2) is 10.3. The maximum Gasteiger partial charge on any atom is 0.224 e. The number of aromatic nitrogens is 2. The van der Waals surface area contributed by atoms with Crippen molar-refractivity contribution < 1.29 is 14.3 Å². The quantitative estimate of drug-likeness (QED) is 0.585. The molecule has 0 saturated carbocycles. The Morgan fingerprint density at radius 2 is 1.94 bits per heavy atom. The molecule has 0 aliphatic carbocycles. The predicted octanol–water partition coefficient (Wildman–Crippen LogP) is 3.39. The molecule has 34 heavy (non-hydrogen) atoms. The third-order valence-corrected chi connectivity index (χ3v) is 6.62. The summed E-state index contributed by atoms with van der Waals surface area (Å²) in [6.45, 7) is 6.30. The average Bonchev–Trinajstić information content (AvgIpc) is 3.39. The Morgan fingerprint density at radius 3 is 2.71 bits per heavy atom. The second-order valence-corrected chi connectivity index (χ2v) is 9.34. The highest BCUT2D eigenvalue weighted by Gasteiger charge is 2.26. The van der Waals surface area contributed by atoms with Gasteiger partial charge in [-0.25, -0.2) is 4.98 Å². The Kier molecular flexibility index (Phi) is 6.81. The number of benzene rings is 1. The molecule has 2 aromatic heterocycles. The van der Waals surface area contributed by atoms with Crippen LogP contribution in [-0.4, -0.2) is 59.2 Å². The molecule has 1 unspecified atom stereocenters. The summed E-state index contributed by atoms with van der Waals surface area (Å²) in [4.78, 5) is 19.3. The van der Waals surface area contributed by atoms with E-state index in [0.29, 0.717) is 18.9 Å². The van der Waals surface area contributed by atoms with Crippen molar-refractivity contribution in [3.63, 3.8) is 0 Å². The monoisotopic (exact) mass is 460 g/mol. The molecule has 5 rings (SSSR count). The number of carbonyl (C=O) groups excluding carboxylic acids is 1. The van der Waals surface area contributed by atoms with Gasteiger partial charge in [0.05, 0.1) is 6.42 Å². The zero-order chi connectivity index (χ0) is 23.3. The zero-order valence-electron chi connectivity index (χ0n) is 19.7. The average molecular weight is 461 g/mol. The van der Waals surface area contributed by atoms with E-state index < -0.39 is 0 Å². The fourth-order valence-corrected chi connectivity index (χ4v) is 4.64. The molecular weight excluding hydrogens is 428 g/mol. The summed E-state index contributed by atoms with van der Waals surface area (Å²) in [6.07, 6.45) is 8.27. The SMILES string of the molecule is Cc1ccc2c(c1)OC(CN1CCC(CNC(=O)Cc3ccc(-n4cccc4)nc3)CC1)CO2. The Balaban J connectivity index is 1.02. The van der Waals surface area contributed by atoms with Crippen molar-refractivity contribution in [3.05, 3.63) is 72.2 Å². The molecule has 7 heteroatoms. The van der Waals surface area contributed by atoms with Gasteiger partial charge in [-0.3, -0.25) is 9.69 Å². The molecule has 1 fully saturated rings. The summed E-state index contributed by atoms with van der Waals surface area (Å²) in [5, 5.41) is 3.12. The van der Waals surface area contributed by atoms with Gasteiger partial charge < -0.3 is 19.4 Å². The number of likely N-dealkylation sites (tertiary alicyclic amines) is 1. The van der Waals surface area contributed by atoms with Gasteiger partial charge in [-0.2, -0.15) is 0 Å². The van der Waals surface area contributed by atoms with E-state index in [4.69, 9.17) is 9.47 Å². The Morgan fingerprint density at radius 1 is 1.12 bits per heavy atom. The number of aryl methyl sites for hydroxylation is 1. The van der Waals surface area contributed by atoms with Crippen LogP contribution in [0.4, 0.5) is 0 Å². The number of nitrogens with zero attached hydrogens (tertiary/aromatic N) is 3. The number of amides is 1. The van der Waals surface area contributed by atoms with E-state index in [1.807, 2.05) is 59.4 Å². The van der Waals surface area contributed by atoms with Crippen LogP contribution in [0.3, 0.4) is 0 Å². The van der Waals surface area contributed by atoms with E-state index in [1.54, 1.807) is 6.20 Å². The molecule has 0 radical (unpaired) electrons. The maximum atomic E-state index is 12.4. The Hall–Kier alpha value is -3.32. The summed E-state index contributed by atoms with van der Waals surface area (Å²) >= 11 is 0. The molecule has 1 N–H and O–H groups in total. The summed E-state index contributed by atoms with van der Waals surface area (Å²) in [7, 11) is 0. The highest BCUT2D eigenvalue weighted by atomic mass is 16.6. The number of carbonyl (C=O) groups is 1. The van der Waals surface area contributed by atoms with E-state index in [-0.39, 0.29) is 12.0 Å². The van der Waals surface area contributed by atoms with Crippen molar-refractivity contribution in [3.8, 4) is 17.3 Å². The molecule has 3 aromatic rings. The predicted molar refractivity (Wildman–Crippen MR) is 131 cm³/mol. The smallest absolute Gasteiger partial charge is 0.224 e. The van der Waals surface area contributed by atoms with Crippen LogP contribution < -0.4 is 14.8 Å². The fraction of sp³-hybridized carbons (Fsp3) is 0.407. The number of rotatable bonds is 7. The lowest BCUT2D eigenvalue weighted by Gasteiger charge is -2.35. The molecule has 2 aliphatic heterocycles. The molecule has 1 aromatic carbocycles. The Bertz CT molecular complexity index is 1090. The minimum atomic E-state index is 0.0552. The number of hydrogen-bond acceptors (Lipinski definition) is 5. The van der Waals surface area contributed by atoms with Gasteiger partial charge >= 0.3 is 0 Å². The first-order valence-corrected chi connectivity index (χ1v) is 12.1. The van der Waals surface area contributed by atoms with Crippen LogP contribution in [0.1, 0.15) is 24.0 Å². The summed E-state index contributed by atoms with van der Waals surface area (Å²) in [6, 6.07) is 13.9. The summed E-state index contributed by atoms with van der Waals surface area (Å²) < 4.78 is 14.0. The van der Waals surface area contributed by atoms with Gasteiger partial charge in [-0.05, 0) is 80.2 Å². The van der Waals surface area contributed by atoms with Crippen molar-refractivity contribution in [2.45, 2.75) is 32.3 Å². The topological polar surface area (TPSA) is 68.6 Å². The van der Waals surface area contributed by atoms with Gasteiger partial charge in [0.15, 0.2) is 11.5 Å². The highest BCUT2D eigenvalue weighted by molar-refractivity contribution is 5.78. The number of ether oxygens (including phenoxy) is 2.